The van der Waals surface area contributed by atoms with E-state index in [1.165, 1.54) is 49.7 Å². The first-order valence-corrected chi connectivity index (χ1v) is 10.1. The third-order valence-corrected chi connectivity index (χ3v) is 6.10. The summed E-state index contributed by atoms with van der Waals surface area (Å²) in [5.74, 6) is -0.236. The summed E-state index contributed by atoms with van der Waals surface area (Å²) >= 11 is 3.81. The van der Waals surface area contributed by atoms with Crippen molar-refractivity contribution < 1.29 is 17.9 Å². The molecule has 2 aromatic carbocycles. The Kier molecular flexibility index (Phi) is 7.45. The lowest BCUT2D eigenvalue weighted by Crippen LogP contribution is -2.16. The molecule has 0 aliphatic heterocycles. The van der Waals surface area contributed by atoms with Gasteiger partial charge in [-0.05, 0) is 95.6 Å². The van der Waals surface area contributed by atoms with Gasteiger partial charge in [-0.1, -0.05) is 42.1 Å². The van der Waals surface area contributed by atoms with Crippen LogP contribution in [0.1, 0.15) is 29.2 Å². The number of thioether (sulfide) groups is 1. The topological polar surface area (TPSA) is 9.23 Å². The van der Waals surface area contributed by atoms with Gasteiger partial charge in [-0.3, -0.25) is 0 Å². The summed E-state index contributed by atoms with van der Waals surface area (Å²) in [6.07, 6.45) is -3.83. The molecular formula is C21H20F3IOS. The highest BCUT2D eigenvalue weighted by molar-refractivity contribution is 14.1. The molecule has 0 unspecified atom stereocenters. The quantitative estimate of drug-likeness (QED) is 0.374. The normalized spacial score (nSPS) is 12.2. The molecule has 2 rings (SSSR count). The maximum absolute atomic E-state index is 12.2. The molecule has 0 radical (unpaired) electrons. The molecule has 1 nitrogen and oxygen atoms in total. The van der Waals surface area contributed by atoms with Crippen molar-refractivity contribution in [3.8, 4) is 5.75 Å². The fraction of sp³-hybridized carbons (Fsp3) is 0.238. The highest BCUT2D eigenvalue weighted by Gasteiger charge is 2.30. The second-order valence-electron chi connectivity index (χ2n) is 6.28. The van der Waals surface area contributed by atoms with Crippen molar-refractivity contribution in [3.63, 3.8) is 0 Å². The van der Waals surface area contributed by atoms with Crippen LogP contribution >= 0.6 is 34.4 Å². The Morgan fingerprint density at radius 3 is 2.37 bits per heavy atom. The molecular weight excluding hydrogens is 484 g/mol. The van der Waals surface area contributed by atoms with Crippen LogP contribution < -0.4 is 4.74 Å². The Morgan fingerprint density at radius 2 is 1.78 bits per heavy atom. The first-order chi connectivity index (χ1) is 12.5. The molecule has 0 N–H and O–H groups in total. The molecule has 0 aliphatic rings. The summed E-state index contributed by atoms with van der Waals surface area (Å²) in [7, 11) is 0. The molecule has 0 aromatic heterocycles. The summed E-state index contributed by atoms with van der Waals surface area (Å²) in [6, 6.07) is 10.1. The van der Waals surface area contributed by atoms with Crippen molar-refractivity contribution in [2.24, 2.45) is 0 Å². The summed E-state index contributed by atoms with van der Waals surface area (Å²) in [4.78, 5) is 0.767. The maximum atomic E-state index is 12.2. The van der Waals surface area contributed by atoms with Crippen LogP contribution in [0.2, 0.25) is 0 Å². The van der Waals surface area contributed by atoms with Gasteiger partial charge in [0.2, 0.25) is 0 Å². The zero-order chi connectivity index (χ0) is 20.2. The van der Waals surface area contributed by atoms with E-state index >= 15 is 0 Å². The zero-order valence-electron chi connectivity index (χ0n) is 15.3. The van der Waals surface area contributed by atoms with E-state index in [4.69, 9.17) is 0 Å². The van der Waals surface area contributed by atoms with Gasteiger partial charge >= 0.3 is 6.36 Å². The summed E-state index contributed by atoms with van der Waals surface area (Å²) < 4.78 is 41.8. The van der Waals surface area contributed by atoms with E-state index in [0.717, 1.165) is 16.9 Å². The highest BCUT2D eigenvalue weighted by Crippen LogP contribution is 2.31. The standard InChI is InChI=1S/C21H20F3IOS/c1-13(9-18-10-15(3)20(25)11-14(18)2)12-27-16(4)17-5-7-19(8-6-17)26-21(22,23)24/h5-8,10-12H,4,9H2,1-3H3/b13-12+. The van der Waals surface area contributed by atoms with E-state index < -0.39 is 6.36 Å². The van der Waals surface area contributed by atoms with Crippen LogP contribution in [0.3, 0.4) is 0 Å². The van der Waals surface area contributed by atoms with Gasteiger partial charge in [0, 0.05) is 8.48 Å². The number of rotatable bonds is 6. The van der Waals surface area contributed by atoms with Gasteiger partial charge in [0.15, 0.2) is 0 Å². The molecule has 0 bridgehead atoms. The van der Waals surface area contributed by atoms with Crippen molar-refractivity contribution >= 4 is 39.3 Å². The number of aryl methyl sites for hydroxylation is 2. The van der Waals surface area contributed by atoms with E-state index in [1.807, 2.05) is 5.41 Å². The SMILES string of the molecule is C=C(S/C=C(\C)Cc1cc(C)c(I)cc1C)c1ccc(OC(F)(F)F)cc1. The first kappa shape index (κ1) is 21.9. The zero-order valence-corrected chi connectivity index (χ0v) is 18.3. The lowest BCUT2D eigenvalue weighted by molar-refractivity contribution is -0.274. The predicted octanol–water partition coefficient (Wildman–Crippen LogP) is 7.66. The molecule has 0 heterocycles. The van der Waals surface area contributed by atoms with Gasteiger partial charge < -0.3 is 4.74 Å². The van der Waals surface area contributed by atoms with Crippen LogP contribution in [0.25, 0.3) is 4.91 Å². The number of hydrogen-bond acceptors (Lipinski definition) is 2. The van der Waals surface area contributed by atoms with Gasteiger partial charge in [-0.25, -0.2) is 0 Å². The fourth-order valence-corrected chi connectivity index (χ4v) is 3.78. The van der Waals surface area contributed by atoms with Crippen molar-refractivity contribution in [1.29, 1.82) is 0 Å². The number of hydrogen-bond donors (Lipinski definition) is 0. The van der Waals surface area contributed by atoms with Crippen LogP contribution in [0, 0.1) is 17.4 Å². The lowest BCUT2D eigenvalue weighted by Gasteiger charge is -2.11. The molecule has 144 valence electrons. The minimum absolute atomic E-state index is 0.236. The molecule has 0 saturated heterocycles. The second kappa shape index (κ2) is 9.19. The van der Waals surface area contributed by atoms with Gasteiger partial charge in [0.05, 0.1) is 0 Å². The Hall–Kier alpha value is -1.41. The molecule has 0 fully saturated rings. The van der Waals surface area contributed by atoms with E-state index in [1.54, 1.807) is 12.1 Å². The molecule has 0 aliphatic carbocycles. The number of allylic oxidation sites excluding steroid dienone is 1. The average molecular weight is 504 g/mol. The highest BCUT2D eigenvalue weighted by atomic mass is 127. The number of benzene rings is 2. The maximum Gasteiger partial charge on any atom is 0.573 e. The molecule has 0 atom stereocenters. The molecule has 27 heavy (non-hydrogen) atoms. The Labute approximate surface area is 175 Å². The van der Waals surface area contributed by atoms with Crippen LogP contribution in [-0.4, -0.2) is 6.36 Å². The van der Waals surface area contributed by atoms with Crippen LogP contribution in [0.4, 0.5) is 13.2 Å². The smallest absolute Gasteiger partial charge is 0.406 e. The van der Waals surface area contributed by atoms with Crippen molar-refractivity contribution in [2.45, 2.75) is 33.6 Å². The number of ether oxygens (including phenoxy) is 1. The van der Waals surface area contributed by atoms with Gasteiger partial charge in [-0.2, -0.15) is 0 Å². The summed E-state index contributed by atoms with van der Waals surface area (Å²) in [5.41, 5.74) is 5.78. The average Bonchev–Trinajstić information content (AvgIpc) is 2.57. The Morgan fingerprint density at radius 1 is 1.15 bits per heavy atom. The van der Waals surface area contributed by atoms with Gasteiger partial charge in [-0.15, -0.1) is 13.2 Å². The third-order valence-electron chi connectivity index (χ3n) is 3.90. The molecule has 2 aromatic rings. The fourth-order valence-electron chi connectivity index (χ4n) is 2.46. The van der Waals surface area contributed by atoms with E-state index in [2.05, 4.69) is 66.8 Å². The summed E-state index contributed by atoms with van der Waals surface area (Å²) in [5, 5.41) is 2.04. The van der Waals surface area contributed by atoms with Crippen LogP contribution in [0.5, 0.6) is 5.75 Å². The molecule has 0 saturated carbocycles. The minimum atomic E-state index is -4.68. The van der Waals surface area contributed by atoms with Crippen molar-refractivity contribution in [3.05, 3.63) is 79.8 Å². The largest absolute Gasteiger partial charge is 0.573 e. The first-order valence-electron chi connectivity index (χ1n) is 8.18. The number of alkyl halides is 3. The van der Waals surface area contributed by atoms with Crippen molar-refractivity contribution in [1.82, 2.24) is 0 Å². The Balaban J connectivity index is 2.00. The minimum Gasteiger partial charge on any atom is -0.406 e. The van der Waals surface area contributed by atoms with Crippen LogP contribution in [0.15, 0.2) is 54.0 Å². The monoisotopic (exact) mass is 504 g/mol. The predicted molar refractivity (Wildman–Crippen MR) is 116 cm³/mol. The third kappa shape index (κ3) is 6.92. The lowest BCUT2D eigenvalue weighted by atomic mass is 10.00. The molecule has 0 spiro atoms. The summed E-state index contributed by atoms with van der Waals surface area (Å²) in [6.45, 7) is 10.3. The second-order valence-corrected chi connectivity index (χ2v) is 8.41. The van der Waals surface area contributed by atoms with E-state index in [9.17, 15) is 13.2 Å². The van der Waals surface area contributed by atoms with Gasteiger partial charge in [0.25, 0.3) is 0 Å². The number of halogens is 4. The van der Waals surface area contributed by atoms with E-state index in [0.29, 0.717) is 0 Å². The Bertz CT molecular complexity index is 855. The molecule has 6 heteroatoms. The van der Waals surface area contributed by atoms with Crippen LogP contribution in [-0.2, 0) is 6.42 Å². The van der Waals surface area contributed by atoms with E-state index in [-0.39, 0.29) is 5.75 Å². The van der Waals surface area contributed by atoms with Gasteiger partial charge in [0.1, 0.15) is 5.75 Å². The molecule has 0 amide bonds. The van der Waals surface area contributed by atoms with Crippen molar-refractivity contribution in [2.75, 3.05) is 0 Å².